The third-order valence-electron chi connectivity index (χ3n) is 1.56. The lowest BCUT2D eigenvalue weighted by atomic mass is 10.9. The van der Waals surface area contributed by atoms with Crippen LogP contribution >= 0.6 is 46.2 Å². The highest BCUT2D eigenvalue weighted by atomic mass is 32.2. The Morgan fingerprint density at radius 2 is 1.94 bits per heavy atom. The molecule has 2 rings (SSSR count). The van der Waals surface area contributed by atoms with E-state index in [0.717, 1.165) is 24.6 Å². The maximum atomic E-state index is 4.08. The molecule has 0 saturated carbocycles. The van der Waals surface area contributed by atoms with Gasteiger partial charge in [-0.15, -0.1) is 20.4 Å². The average molecular weight is 291 g/mol. The van der Waals surface area contributed by atoms with Gasteiger partial charge in [0.05, 0.1) is 5.75 Å². The molecule has 5 nitrogen and oxygen atoms in total. The Balaban J connectivity index is 1.91. The van der Waals surface area contributed by atoms with Crippen molar-refractivity contribution in [3.63, 3.8) is 0 Å². The SMILES string of the molecule is CNc1nnc(CSc2nnc(SC)s2)s1. The van der Waals surface area contributed by atoms with Crippen molar-refractivity contribution in [3.05, 3.63) is 5.01 Å². The molecule has 1 N–H and O–H groups in total. The van der Waals surface area contributed by atoms with Crippen LogP contribution in [0.15, 0.2) is 8.68 Å². The van der Waals surface area contributed by atoms with Gasteiger partial charge in [0.25, 0.3) is 0 Å². The Labute approximate surface area is 109 Å². The first kappa shape index (κ1) is 12.1. The summed E-state index contributed by atoms with van der Waals surface area (Å²) in [5, 5.41) is 21.0. The lowest BCUT2D eigenvalue weighted by molar-refractivity contribution is 0.954. The Hall–Kier alpha value is -0.380. The molecule has 86 valence electrons. The summed E-state index contributed by atoms with van der Waals surface area (Å²) in [5.74, 6) is 0.794. The first-order chi connectivity index (χ1) is 7.81. The van der Waals surface area contributed by atoms with E-state index in [1.54, 1.807) is 46.2 Å². The zero-order chi connectivity index (χ0) is 11.4. The molecule has 0 aliphatic carbocycles. The molecule has 0 saturated heterocycles. The molecule has 2 heterocycles. The Bertz CT molecular complexity index is 411. The molecule has 0 bridgehead atoms. The van der Waals surface area contributed by atoms with Gasteiger partial charge in [-0.3, -0.25) is 0 Å². The van der Waals surface area contributed by atoms with Crippen LogP contribution in [0.5, 0.6) is 0 Å². The zero-order valence-corrected chi connectivity index (χ0v) is 11.9. The normalized spacial score (nSPS) is 10.6. The van der Waals surface area contributed by atoms with E-state index >= 15 is 0 Å². The summed E-state index contributed by atoms with van der Waals surface area (Å²) in [6.07, 6.45) is 2.00. The summed E-state index contributed by atoms with van der Waals surface area (Å²) < 4.78 is 1.97. The summed E-state index contributed by atoms with van der Waals surface area (Å²) >= 11 is 6.43. The molecule has 0 aliphatic heterocycles. The van der Waals surface area contributed by atoms with Gasteiger partial charge < -0.3 is 5.32 Å². The van der Waals surface area contributed by atoms with Crippen molar-refractivity contribution in [2.75, 3.05) is 18.6 Å². The van der Waals surface area contributed by atoms with Gasteiger partial charge in [-0.25, -0.2) is 0 Å². The van der Waals surface area contributed by atoms with Crippen molar-refractivity contribution >= 4 is 51.3 Å². The van der Waals surface area contributed by atoms with Crippen molar-refractivity contribution in [1.82, 2.24) is 20.4 Å². The largest absolute Gasteiger partial charge is 0.363 e. The van der Waals surface area contributed by atoms with E-state index in [1.807, 2.05) is 13.3 Å². The van der Waals surface area contributed by atoms with Crippen molar-refractivity contribution < 1.29 is 0 Å². The summed E-state index contributed by atoms with van der Waals surface area (Å²) in [6.45, 7) is 0. The number of hydrogen-bond acceptors (Lipinski definition) is 9. The highest BCUT2D eigenvalue weighted by molar-refractivity contribution is 8.02. The van der Waals surface area contributed by atoms with Crippen LogP contribution in [0.2, 0.25) is 0 Å². The van der Waals surface area contributed by atoms with Crippen LogP contribution in [0.25, 0.3) is 0 Å². The van der Waals surface area contributed by atoms with Crippen LogP contribution in [-0.2, 0) is 5.75 Å². The fourth-order valence-corrected chi connectivity index (χ4v) is 3.99. The molecule has 0 spiro atoms. The van der Waals surface area contributed by atoms with Crippen molar-refractivity contribution in [3.8, 4) is 0 Å². The molecule has 0 fully saturated rings. The summed E-state index contributed by atoms with van der Waals surface area (Å²) in [7, 11) is 1.84. The van der Waals surface area contributed by atoms with Gasteiger partial charge >= 0.3 is 0 Å². The first-order valence-corrected chi connectivity index (χ1v) is 8.16. The molecule has 9 heteroatoms. The molecule has 2 aromatic rings. The molecular weight excluding hydrogens is 282 g/mol. The van der Waals surface area contributed by atoms with Gasteiger partial charge in [-0.05, 0) is 6.26 Å². The van der Waals surface area contributed by atoms with Gasteiger partial charge in [0, 0.05) is 7.05 Å². The number of nitrogens with one attached hydrogen (secondary N) is 1. The van der Waals surface area contributed by atoms with Crippen LogP contribution in [0, 0.1) is 0 Å². The minimum atomic E-state index is 0.794. The molecule has 0 atom stereocenters. The average Bonchev–Trinajstić information content (AvgIpc) is 2.95. The van der Waals surface area contributed by atoms with Crippen molar-refractivity contribution in [2.24, 2.45) is 0 Å². The standard InChI is InChI=1S/C7H9N5S4/c1-8-5-10-9-4(15-5)3-14-7-12-11-6(13-2)16-7/h3H2,1-2H3,(H,8,10). The Morgan fingerprint density at radius 3 is 2.56 bits per heavy atom. The number of hydrogen-bond donors (Lipinski definition) is 1. The van der Waals surface area contributed by atoms with Crippen LogP contribution in [0.1, 0.15) is 5.01 Å². The maximum Gasteiger partial charge on any atom is 0.205 e. The third kappa shape index (κ3) is 3.06. The molecular formula is C7H9N5S4. The molecule has 16 heavy (non-hydrogen) atoms. The van der Waals surface area contributed by atoms with E-state index in [-0.39, 0.29) is 0 Å². The number of thioether (sulfide) groups is 2. The first-order valence-electron chi connectivity index (χ1n) is 4.32. The van der Waals surface area contributed by atoms with E-state index in [2.05, 4.69) is 25.7 Å². The van der Waals surface area contributed by atoms with Crippen LogP contribution < -0.4 is 5.32 Å². The molecule has 0 aromatic carbocycles. The number of rotatable bonds is 5. The minimum absolute atomic E-state index is 0.794. The fourth-order valence-electron chi connectivity index (χ4n) is 0.874. The van der Waals surface area contributed by atoms with Crippen LogP contribution in [-0.4, -0.2) is 33.7 Å². The molecule has 0 radical (unpaired) electrons. The van der Waals surface area contributed by atoms with E-state index in [9.17, 15) is 0 Å². The molecule has 0 aliphatic rings. The summed E-state index contributed by atoms with van der Waals surface area (Å²) in [5.41, 5.74) is 0. The van der Waals surface area contributed by atoms with E-state index in [4.69, 9.17) is 0 Å². The monoisotopic (exact) mass is 291 g/mol. The van der Waals surface area contributed by atoms with E-state index in [1.165, 1.54) is 0 Å². The number of aromatic nitrogens is 4. The minimum Gasteiger partial charge on any atom is -0.363 e. The Morgan fingerprint density at radius 1 is 1.12 bits per heavy atom. The smallest absolute Gasteiger partial charge is 0.205 e. The fraction of sp³-hybridized carbons (Fsp3) is 0.429. The predicted octanol–water partition coefficient (Wildman–Crippen LogP) is 2.45. The molecule has 2 aromatic heterocycles. The van der Waals surface area contributed by atoms with Gasteiger partial charge in [0.2, 0.25) is 5.13 Å². The second-order valence-electron chi connectivity index (χ2n) is 2.58. The van der Waals surface area contributed by atoms with Crippen LogP contribution in [0.3, 0.4) is 0 Å². The summed E-state index contributed by atoms with van der Waals surface area (Å²) in [6, 6.07) is 0. The Kier molecular flexibility index (Phi) is 4.38. The van der Waals surface area contributed by atoms with Gasteiger partial charge in [-0.2, -0.15) is 0 Å². The lowest BCUT2D eigenvalue weighted by Gasteiger charge is -1.90. The maximum absolute atomic E-state index is 4.08. The van der Waals surface area contributed by atoms with E-state index < -0.39 is 0 Å². The zero-order valence-electron chi connectivity index (χ0n) is 8.63. The predicted molar refractivity (Wildman–Crippen MR) is 70.7 cm³/mol. The van der Waals surface area contributed by atoms with Gasteiger partial charge in [0.1, 0.15) is 5.01 Å². The highest BCUT2D eigenvalue weighted by Crippen LogP contribution is 2.30. The van der Waals surface area contributed by atoms with E-state index in [0.29, 0.717) is 0 Å². The number of nitrogens with zero attached hydrogens (tertiary/aromatic N) is 4. The molecule has 0 unspecified atom stereocenters. The lowest BCUT2D eigenvalue weighted by Crippen LogP contribution is -1.84. The second kappa shape index (κ2) is 5.80. The highest BCUT2D eigenvalue weighted by Gasteiger charge is 2.07. The third-order valence-corrected chi connectivity index (χ3v) is 5.73. The van der Waals surface area contributed by atoms with Crippen LogP contribution in [0.4, 0.5) is 5.13 Å². The summed E-state index contributed by atoms with van der Waals surface area (Å²) in [4.78, 5) is 0. The number of anilines is 1. The quantitative estimate of drug-likeness (QED) is 0.849. The second-order valence-corrected chi connectivity index (χ2v) is 6.89. The van der Waals surface area contributed by atoms with Crippen molar-refractivity contribution in [2.45, 2.75) is 14.4 Å². The topological polar surface area (TPSA) is 63.6 Å². The van der Waals surface area contributed by atoms with Gasteiger partial charge in [0.15, 0.2) is 8.68 Å². The molecule has 0 amide bonds. The van der Waals surface area contributed by atoms with Crippen molar-refractivity contribution in [1.29, 1.82) is 0 Å². The van der Waals surface area contributed by atoms with Gasteiger partial charge in [-0.1, -0.05) is 46.2 Å².